The molecule has 2 aliphatic heterocycles. The van der Waals surface area contributed by atoms with Gasteiger partial charge in [-0.3, -0.25) is 0 Å². The average Bonchev–Trinajstić information content (AvgIpc) is 3.90. The monoisotopic (exact) mass is 929 g/mol. The van der Waals surface area contributed by atoms with Gasteiger partial charge in [0.15, 0.2) is 0 Å². The molecular weight excluding hydrogens is 870 g/mol. The number of para-hydroxylation sites is 3. The summed E-state index contributed by atoms with van der Waals surface area (Å²) >= 11 is 1.94. The molecule has 0 aliphatic carbocycles. The molecule has 70 heavy (non-hydrogen) atoms. The summed E-state index contributed by atoms with van der Waals surface area (Å²) in [5, 5.41) is 3.53. The van der Waals surface area contributed by atoms with E-state index in [1.54, 1.807) is 0 Å². The number of fused-ring (bicyclic) bond motifs is 10. The molecule has 2 aromatic heterocycles. The van der Waals surface area contributed by atoms with Crippen LogP contribution in [-0.2, 0) is 16.2 Å². The molecule has 4 heterocycles. The highest BCUT2D eigenvalue weighted by Crippen LogP contribution is 2.54. The summed E-state index contributed by atoms with van der Waals surface area (Å²) in [5.41, 5.74) is 21.0. The molecule has 346 valence electrons. The molecule has 2 aliphatic rings. The minimum Gasteiger partial charge on any atom is -0.455 e. The van der Waals surface area contributed by atoms with Crippen molar-refractivity contribution in [1.82, 2.24) is 0 Å². The van der Waals surface area contributed by atoms with E-state index in [-0.39, 0.29) is 23.1 Å². The molecule has 0 unspecified atom stereocenters. The molecule has 4 nitrogen and oxygen atoms in total. The molecule has 0 atom stereocenters. The minimum atomic E-state index is -0.188. The number of furan rings is 1. The van der Waals surface area contributed by atoms with Crippen molar-refractivity contribution in [1.29, 1.82) is 0 Å². The summed E-state index contributed by atoms with van der Waals surface area (Å²) < 4.78 is 9.77. The second-order valence-electron chi connectivity index (χ2n) is 22.7. The number of hydrogen-bond donors (Lipinski definition) is 0. The van der Waals surface area contributed by atoms with Gasteiger partial charge in [0.2, 0.25) is 0 Å². The first-order chi connectivity index (χ1) is 33.5. The Hall–Kier alpha value is -7.02. The van der Waals surface area contributed by atoms with Gasteiger partial charge in [0.1, 0.15) is 11.2 Å². The molecule has 0 radical (unpaired) electrons. The van der Waals surface area contributed by atoms with Crippen molar-refractivity contribution < 1.29 is 4.42 Å². The van der Waals surface area contributed by atoms with E-state index < -0.39 is 0 Å². The zero-order valence-corrected chi connectivity index (χ0v) is 43.1. The molecule has 0 spiro atoms. The first-order valence-electron chi connectivity index (χ1n) is 24.9. The Morgan fingerprint density at radius 3 is 1.70 bits per heavy atom. The summed E-state index contributed by atoms with van der Waals surface area (Å²) in [6, 6.07) is 61.7. The second kappa shape index (κ2) is 15.7. The molecule has 0 amide bonds. The molecule has 0 fully saturated rings. The van der Waals surface area contributed by atoms with E-state index in [0.717, 1.165) is 67.2 Å². The maximum absolute atomic E-state index is 7.17. The van der Waals surface area contributed by atoms with Gasteiger partial charge in [-0.2, -0.15) is 0 Å². The Morgan fingerprint density at radius 1 is 0.514 bits per heavy atom. The number of hydrogen-bond acceptors (Lipinski definition) is 5. The summed E-state index contributed by atoms with van der Waals surface area (Å²) in [4.78, 5) is 7.72. The van der Waals surface area contributed by atoms with Gasteiger partial charge in [-0.1, -0.05) is 153 Å². The van der Waals surface area contributed by atoms with Gasteiger partial charge in [-0.05, 0) is 136 Å². The number of benzene rings is 8. The molecule has 12 rings (SSSR count). The van der Waals surface area contributed by atoms with Gasteiger partial charge in [-0.25, -0.2) is 0 Å². The molecule has 8 aromatic carbocycles. The van der Waals surface area contributed by atoms with E-state index in [4.69, 9.17) is 4.42 Å². The maximum Gasteiger partial charge on any atom is 0.343 e. The minimum absolute atomic E-state index is 0.00293. The second-order valence-corrected chi connectivity index (χ2v) is 23.8. The Morgan fingerprint density at radius 2 is 1.09 bits per heavy atom. The number of rotatable bonds is 5. The van der Waals surface area contributed by atoms with E-state index >= 15 is 0 Å². The molecule has 0 saturated heterocycles. The van der Waals surface area contributed by atoms with E-state index in [1.807, 2.05) is 11.3 Å². The quantitative estimate of drug-likeness (QED) is 0.160. The predicted octanol–water partition coefficient (Wildman–Crippen LogP) is 17.5. The van der Waals surface area contributed by atoms with Gasteiger partial charge in [0.05, 0.1) is 5.69 Å². The highest BCUT2D eigenvalue weighted by molar-refractivity contribution is 7.32. The fourth-order valence-electron chi connectivity index (χ4n) is 11.1. The lowest BCUT2D eigenvalue weighted by Gasteiger charge is -2.45. The van der Waals surface area contributed by atoms with Crippen LogP contribution in [0.25, 0.3) is 43.2 Å². The van der Waals surface area contributed by atoms with Crippen molar-refractivity contribution in [3.63, 3.8) is 0 Å². The van der Waals surface area contributed by atoms with E-state index in [9.17, 15) is 0 Å². The Kier molecular flexibility index (Phi) is 9.95. The first-order valence-corrected chi connectivity index (χ1v) is 25.7. The van der Waals surface area contributed by atoms with Crippen LogP contribution in [0, 0.1) is 13.8 Å². The summed E-state index contributed by atoms with van der Waals surface area (Å²) in [6.07, 6.45) is 0. The number of nitrogens with zero attached hydrogens (tertiary/aromatic N) is 3. The first kappa shape index (κ1) is 44.2. The van der Waals surface area contributed by atoms with E-state index in [2.05, 4.69) is 255 Å². The topological polar surface area (TPSA) is 22.9 Å². The highest BCUT2D eigenvalue weighted by Gasteiger charge is 2.48. The third-order valence-corrected chi connectivity index (χ3v) is 16.2. The van der Waals surface area contributed by atoms with Gasteiger partial charge in [0.25, 0.3) is 0 Å². The Balaban J connectivity index is 1.24. The normalized spacial score (nSPS) is 13.6. The van der Waals surface area contributed by atoms with Crippen molar-refractivity contribution in [2.45, 2.75) is 92.4 Å². The Labute approximate surface area is 417 Å². The molecule has 0 bridgehead atoms. The lowest BCUT2D eigenvalue weighted by atomic mass is 9.46. The lowest BCUT2D eigenvalue weighted by Crippen LogP contribution is -2.60. The maximum atomic E-state index is 7.17. The zero-order chi connectivity index (χ0) is 48.6. The van der Waals surface area contributed by atoms with Crippen LogP contribution in [0.3, 0.4) is 0 Å². The van der Waals surface area contributed by atoms with Crippen LogP contribution >= 0.6 is 11.3 Å². The van der Waals surface area contributed by atoms with Crippen LogP contribution < -0.4 is 24.9 Å². The molecule has 6 heteroatoms. The predicted molar refractivity (Wildman–Crippen MR) is 303 cm³/mol. The fraction of sp³-hybridized carbons (Fsp3) is 0.219. The summed E-state index contributed by atoms with van der Waals surface area (Å²) in [6.45, 7) is 25.0. The van der Waals surface area contributed by atoms with Crippen molar-refractivity contribution in [2.24, 2.45) is 0 Å². The highest BCUT2D eigenvalue weighted by atomic mass is 32.1. The average molecular weight is 930 g/mol. The van der Waals surface area contributed by atoms with Crippen LogP contribution in [0.4, 0.5) is 45.5 Å². The summed E-state index contributed by atoms with van der Waals surface area (Å²) in [5.74, 6) is 0. The van der Waals surface area contributed by atoms with Crippen LogP contribution in [0.1, 0.15) is 90.1 Å². The molecular formula is C64H60BN3OS. The number of anilines is 8. The fourth-order valence-corrected chi connectivity index (χ4v) is 12.4. The van der Waals surface area contributed by atoms with E-state index in [1.165, 1.54) is 59.5 Å². The van der Waals surface area contributed by atoms with Crippen LogP contribution in [0.2, 0.25) is 0 Å². The van der Waals surface area contributed by atoms with Crippen molar-refractivity contribution in [3.8, 4) is 11.1 Å². The molecule has 10 aromatic rings. The lowest BCUT2D eigenvalue weighted by molar-refractivity contribution is 0.590. The van der Waals surface area contributed by atoms with Crippen LogP contribution in [0.5, 0.6) is 0 Å². The smallest absolute Gasteiger partial charge is 0.343 e. The third kappa shape index (κ3) is 6.93. The summed E-state index contributed by atoms with van der Waals surface area (Å²) in [7, 11) is 0. The standard InChI is InChI=1S/C64H60BN3OS/c1-39-18-12-15-21-51(39)66(52-22-16-13-19-40(52)2)46-33-34-48-53(37-46)68(45-31-26-42(27-32-45)63(6,7)8)65-58-54(38-49-47-20-14-17-23-55(47)69-60(49)57(48)58)67(44-29-24-41(25-30-44)62(3,4)5)59-50-36-43(64(9,10)11)28-35-56(50)70-61(59)65/h12-38H,1-11H3. The van der Waals surface area contributed by atoms with Crippen molar-refractivity contribution in [2.75, 3.05) is 14.6 Å². The van der Waals surface area contributed by atoms with Gasteiger partial charge < -0.3 is 19.0 Å². The van der Waals surface area contributed by atoms with Gasteiger partial charge in [0, 0.05) is 76.6 Å². The largest absolute Gasteiger partial charge is 0.455 e. The zero-order valence-electron chi connectivity index (χ0n) is 42.3. The van der Waals surface area contributed by atoms with Gasteiger partial charge in [-0.15, -0.1) is 11.3 Å². The number of thiophene rings is 1. The third-order valence-electron chi connectivity index (χ3n) is 15.0. The van der Waals surface area contributed by atoms with Crippen LogP contribution in [0.15, 0.2) is 168 Å². The molecule has 0 N–H and O–H groups in total. The van der Waals surface area contributed by atoms with Crippen molar-refractivity contribution >= 4 is 106 Å². The van der Waals surface area contributed by atoms with Crippen LogP contribution in [-0.4, -0.2) is 6.85 Å². The van der Waals surface area contributed by atoms with E-state index in [0.29, 0.717) is 0 Å². The SMILES string of the molecule is Cc1ccccc1N(c1ccc2c(c1)N(c1ccc(C(C)(C)C)cc1)B1c3sc4ccc(C(C)(C)C)cc4c3N(c3ccc(C(C)(C)C)cc3)c3cc4c(oc5ccccc54)c-2c31)c1ccccc1C. The number of aryl methyl sites for hydroxylation is 2. The van der Waals surface area contributed by atoms with Crippen molar-refractivity contribution in [3.05, 3.63) is 192 Å². The Bertz CT molecular complexity index is 3660. The molecule has 0 saturated carbocycles. The van der Waals surface area contributed by atoms with Gasteiger partial charge >= 0.3 is 6.85 Å².